The van der Waals surface area contributed by atoms with Gasteiger partial charge in [0.05, 0.1) is 14.2 Å². The summed E-state index contributed by atoms with van der Waals surface area (Å²) in [5, 5.41) is 0. The molecule has 0 aliphatic rings. The average Bonchev–Trinajstić information content (AvgIpc) is 2.38. The molecular formula is C14H20O3. The van der Waals surface area contributed by atoms with E-state index >= 15 is 0 Å². The van der Waals surface area contributed by atoms with Crippen molar-refractivity contribution in [2.75, 3.05) is 14.2 Å². The lowest BCUT2D eigenvalue weighted by Gasteiger charge is -2.13. The van der Waals surface area contributed by atoms with E-state index in [2.05, 4.69) is 6.92 Å². The second kappa shape index (κ2) is 6.94. The van der Waals surface area contributed by atoms with Crippen molar-refractivity contribution in [3.63, 3.8) is 0 Å². The van der Waals surface area contributed by atoms with E-state index in [1.165, 1.54) is 12.8 Å². The van der Waals surface area contributed by atoms with Crippen LogP contribution in [0.1, 0.15) is 42.1 Å². The number of carbonyl (C=O) groups excluding carboxylic acids is 1. The van der Waals surface area contributed by atoms with Gasteiger partial charge in [0, 0.05) is 11.1 Å². The Bertz CT molecular complexity index is 347. The Morgan fingerprint density at radius 2 is 1.71 bits per heavy atom. The van der Waals surface area contributed by atoms with E-state index in [4.69, 9.17) is 9.47 Å². The zero-order chi connectivity index (χ0) is 12.7. The molecule has 0 bridgehead atoms. The zero-order valence-corrected chi connectivity index (χ0v) is 10.8. The zero-order valence-electron chi connectivity index (χ0n) is 10.8. The Balaban J connectivity index is 3.01. The Morgan fingerprint density at radius 3 is 2.12 bits per heavy atom. The minimum atomic E-state index is 0.581. The summed E-state index contributed by atoms with van der Waals surface area (Å²) in [4.78, 5) is 10.8. The van der Waals surface area contributed by atoms with Crippen LogP contribution in [0.15, 0.2) is 12.1 Å². The Morgan fingerprint density at radius 1 is 1.12 bits per heavy atom. The summed E-state index contributed by atoms with van der Waals surface area (Å²) in [6.07, 6.45) is 5.18. The lowest BCUT2D eigenvalue weighted by Crippen LogP contribution is -1.99. The maximum absolute atomic E-state index is 10.8. The van der Waals surface area contributed by atoms with Gasteiger partial charge in [-0.25, -0.2) is 0 Å². The molecule has 0 fully saturated rings. The number of methoxy groups -OCH3 is 2. The number of rotatable bonds is 7. The van der Waals surface area contributed by atoms with E-state index in [1.54, 1.807) is 26.4 Å². The maximum Gasteiger partial charge on any atom is 0.150 e. The third kappa shape index (κ3) is 3.48. The molecule has 0 amide bonds. The quantitative estimate of drug-likeness (QED) is 0.538. The molecule has 1 aromatic carbocycles. The van der Waals surface area contributed by atoms with Crippen LogP contribution in [0.25, 0.3) is 0 Å². The van der Waals surface area contributed by atoms with E-state index in [-0.39, 0.29) is 0 Å². The first kappa shape index (κ1) is 13.6. The molecule has 0 aliphatic carbocycles. The second-order valence-electron chi connectivity index (χ2n) is 3.98. The lowest BCUT2D eigenvalue weighted by atomic mass is 10.0. The first-order valence-corrected chi connectivity index (χ1v) is 5.96. The van der Waals surface area contributed by atoms with Crippen molar-refractivity contribution in [2.24, 2.45) is 0 Å². The summed E-state index contributed by atoms with van der Waals surface area (Å²) in [7, 11) is 3.24. The number of hydrogen-bond acceptors (Lipinski definition) is 3. The van der Waals surface area contributed by atoms with Gasteiger partial charge in [0.1, 0.15) is 17.8 Å². The van der Waals surface area contributed by atoms with Gasteiger partial charge < -0.3 is 9.47 Å². The van der Waals surface area contributed by atoms with Crippen molar-refractivity contribution < 1.29 is 14.3 Å². The molecular weight excluding hydrogens is 216 g/mol. The van der Waals surface area contributed by atoms with Crippen LogP contribution in [-0.4, -0.2) is 20.5 Å². The largest absolute Gasteiger partial charge is 0.496 e. The van der Waals surface area contributed by atoms with Crippen molar-refractivity contribution in [2.45, 2.75) is 32.6 Å². The number of ether oxygens (including phenoxy) is 2. The number of benzene rings is 1. The van der Waals surface area contributed by atoms with Gasteiger partial charge in [-0.05, 0) is 25.0 Å². The molecule has 1 aromatic rings. The molecule has 0 saturated heterocycles. The highest BCUT2D eigenvalue weighted by molar-refractivity contribution is 5.77. The Kier molecular flexibility index (Phi) is 5.53. The highest BCUT2D eigenvalue weighted by Crippen LogP contribution is 2.31. The van der Waals surface area contributed by atoms with E-state index in [0.29, 0.717) is 5.56 Å². The molecule has 0 atom stereocenters. The Hall–Kier alpha value is -1.51. The first-order valence-electron chi connectivity index (χ1n) is 5.96. The molecule has 94 valence electrons. The number of aldehydes is 1. The predicted octanol–water partition coefficient (Wildman–Crippen LogP) is 3.25. The monoisotopic (exact) mass is 236 g/mol. The molecule has 0 N–H and O–H groups in total. The van der Waals surface area contributed by atoms with Crippen molar-refractivity contribution in [3.8, 4) is 11.5 Å². The van der Waals surface area contributed by atoms with Crippen LogP contribution in [-0.2, 0) is 6.42 Å². The minimum absolute atomic E-state index is 0.581. The van der Waals surface area contributed by atoms with Gasteiger partial charge >= 0.3 is 0 Å². The molecule has 0 heterocycles. The van der Waals surface area contributed by atoms with E-state index in [1.807, 2.05) is 0 Å². The van der Waals surface area contributed by atoms with Gasteiger partial charge in [-0.15, -0.1) is 0 Å². The summed E-state index contributed by atoms with van der Waals surface area (Å²) in [6.45, 7) is 2.17. The van der Waals surface area contributed by atoms with E-state index in [0.717, 1.165) is 36.2 Å². The van der Waals surface area contributed by atoms with Crippen molar-refractivity contribution in [1.29, 1.82) is 0 Å². The topological polar surface area (TPSA) is 35.5 Å². The van der Waals surface area contributed by atoms with Crippen LogP contribution >= 0.6 is 0 Å². The molecule has 3 nitrogen and oxygen atoms in total. The van der Waals surface area contributed by atoms with Crippen LogP contribution in [0.5, 0.6) is 11.5 Å². The van der Waals surface area contributed by atoms with Gasteiger partial charge in [0.15, 0.2) is 0 Å². The standard InChI is InChI=1S/C14H20O3/c1-4-5-6-7-12-13(16-2)8-11(10-15)9-14(12)17-3/h8-10H,4-7H2,1-3H3. The summed E-state index contributed by atoms with van der Waals surface area (Å²) in [5.74, 6) is 1.48. The van der Waals surface area contributed by atoms with Crippen LogP contribution < -0.4 is 9.47 Å². The molecule has 0 aromatic heterocycles. The maximum atomic E-state index is 10.8. The van der Waals surface area contributed by atoms with Gasteiger partial charge in [-0.1, -0.05) is 19.8 Å². The summed E-state index contributed by atoms with van der Waals surface area (Å²) in [6, 6.07) is 3.52. The van der Waals surface area contributed by atoms with Crippen LogP contribution in [0.3, 0.4) is 0 Å². The number of carbonyl (C=O) groups is 1. The lowest BCUT2D eigenvalue weighted by molar-refractivity contribution is 0.112. The summed E-state index contributed by atoms with van der Waals surface area (Å²) < 4.78 is 10.6. The van der Waals surface area contributed by atoms with Crippen LogP contribution in [0.4, 0.5) is 0 Å². The van der Waals surface area contributed by atoms with Gasteiger partial charge in [-0.2, -0.15) is 0 Å². The third-order valence-corrected chi connectivity index (χ3v) is 2.80. The molecule has 0 radical (unpaired) electrons. The van der Waals surface area contributed by atoms with Gasteiger partial charge in [-0.3, -0.25) is 4.79 Å². The van der Waals surface area contributed by atoms with Crippen molar-refractivity contribution in [1.82, 2.24) is 0 Å². The van der Waals surface area contributed by atoms with Gasteiger partial charge in [0.25, 0.3) is 0 Å². The first-order chi connectivity index (χ1) is 8.26. The van der Waals surface area contributed by atoms with E-state index < -0.39 is 0 Å². The fraction of sp³-hybridized carbons (Fsp3) is 0.500. The van der Waals surface area contributed by atoms with Crippen molar-refractivity contribution in [3.05, 3.63) is 23.3 Å². The molecule has 17 heavy (non-hydrogen) atoms. The van der Waals surface area contributed by atoms with E-state index in [9.17, 15) is 4.79 Å². The summed E-state index contributed by atoms with van der Waals surface area (Å²) in [5.41, 5.74) is 1.63. The van der Waals surface area contributed by atoms with Crippen LogP contribution in [0.2, 0.25) is 0 Å². The molecule has 1 rings (SSSR count). The smallest absolute Gasteiger partial charge is 0.150 e. The number of unbranched alkanes of at least 4 members (excludes halogenated alkanes) is 2. The SMILES string of the molecule is CCCCCc1c(OC)cc(C=O)cc1OC. The van der Waals surface area contributed by atoms with Crippen LogP contribution in [0, 0.1) is 0 Å². The predicted molar refractivity (Wildman–Crippen MR) is 68.2 cm³/mol. The normalized spacial score (nSPS) is 10.1. The molecule has 0 spiro atoms. The summed E-state index contributed by atoms with van der Waals surface area (Å²) >= 11 is 0. The molecule has 0 saturated carbocycles. The molecule has 0 aliphatic heterocycles. The third-order valence-electron chi connectivity index (χ3n) is 2.80. The highest BCUT2D eigenvalue weighted by atomic mass is 16.5. The minimum Gasteiger partial charge on any atom is -0.496 e. The second-order valence-corrected chi connectivity index (χ2v) is 3.98. The highest BCUT2D eigenvalue weighted by Gasteiger charge is 2.11. The van der Waals surface area contributed by atoms with Crippen molar-refractivity contribution >= 4 is 6.29 Å². The fourth-order valence-electron chi connectivity index (χ4n) is 1.87. The average molecular weight is 236 g/mol. The fourth-order valence-corrected chi connectivity index (χ4v) is 1.87. The Labute approximate surface area is 103 Å². The molecule has 3 heteroatoms. The van der Waals surface area contributed by atoms with Gasteiger partial charge in [0.2, 0.25) is 0 Å². The molecule has 0 unspecified atom stereocenters. The number of hydrogen-bond donors (Lipinski definition) is 0.